The Bertz CT molecular complexity index is 810. The molecular weight excluding hydrogens is 352 g/mol. The lowest BCUT2D eigenvalue weighted by Gasteiger charge is -2.09. The van der Waals surface area contributed by atoms with Crippen molar-refractivity contribution in [2.75, 3.05) is 7.11 Å². The van der Waals surface area contributed by atoms with Crippen LogP contribution in [0.1, 0.15) is 5.56 Å². The number of hydrogen-bond acceptors (Lipinski definition) is 2. The van der Waals surface area contributed by atoms with Crippen LogP contribution in [0, 0.1) is 6.92 Å². The molecule has 0 heterocycles. The molecule has 3 aromatic rings. The van der Waals surface area contributed by atoms with Crippen molar-refractivity contribution in [2.24, 2.45) is 0 Å². The van der Waals surface area contributed by atoms with Gasteiger partial charge < -0.3 is 9.47 Å². The Balaban J connectivity index is 1.85. The minimum Gasteiger partial charge on any atom is -0.497 e. The predicted octanol–water partition coefficient (Wildman–Crippen LogP) is 6.23. The fourth-order valence-corrected chi connectivity index (χ4v) is 2.59. The first-order chi connectivity index (χ1) is 11.2. The Morgan fingerprint density at radius 3 is 2.13 bits per heavy atom. The molecule has 3 rings (SSSR count). The lowest BCUT2D eigenvalue weighted by atomic mass is 10.1. The van der Waals surface area contributed by atoms with Gasteiger partial charge in [0.2, 0.25) is 0 Å². The molecular formula is C20H17BrO2. The predicted molar refractivity (Wildman–Crippen MR) is 97.4 cm³/mol. The number of aryl methyl sites for hydroxylation is 1. The van der Waals surface area contributed by atoms with Crippen molar-refractivity contribution in [1.29, 1.82) is 0 Å². The van der Waals surface area contributed by atoms with E-state index < -0.39 is 0 Å². The molecule has 0 saturated carbocycles. The first-order valence-corrected chi connectivity index (χ1v) is 8.13. The molecule has 0 aliphatic carbocycles. The van der Waals surface area contributed by atoms with Gasteiger partial charge in [0, 0.05) is 4.47 Å². The van der Waals surface area contributed by atoms with Crippen LogP contribution in [0.5, 0.6) is 17.2 Å². The molecule has 0 radical (unpaired) electrons. The fourth-order valence-electron chi connectivity index (χ4n) is 2.34. The quantitative estimate of drug-likeness (QED) is 0.543. The Kier molecular flexibility index (Phi) is 4.68. The monoisotopic (exact) mass is 368 g/mol. The highest BCUT2D eigenvalue weighted by Crippen LogP contribution is 2.30. The van der Waals surface area contributed by atoms with E-state index in [9.17, 15) is 0 Å². The third-order valence-corrected chi connectivity index (χ3v) is 4.51. The molecule has 2 nitrogen and oxygen atoms in total. The van der Waals surface area contributed by atoms with E-state index >= 15 is 0 Å². The third kappa shape index (κ3) is 3.74. The van der Waals surface area contributed by atoms with Gasteiger partial charge in [-0.15, -0.1) is 0 Å². The van der Waals surface area contributed by atoms with Crippen molar-refractivity contribution in [3.05, 3.63) is 76.8 Å². The van der Waals surface area contributed by atoms with E-state index in [2.05, 4.69) is 22.0 Å². The summed E-state index contributed by atoms with van der Waals surface area (Å²) in [5.74, 6) is 2.50. The van der Waals surface area contributed by atoms with Gasteiger partial charge >= 0.3 is 0 Å². The zero-order valence-corrected chi connectivity index (χ0v) is 14.6. The van der Waals surface area contributed by atoms with Gasteiger partial charge in [0.1, 0.15) is 17.2 Å². The molecule has 23 heavy (non-hydrogen) atoms. The molecule has 116 valence electrons. The molecule has 0 unspecified atom stereocenters. The van der Waals surface area contributed by atoms with E-state index in [0.29, 0.717) is 0 Å². The summed E-state index contributed by atoms with van der Waals surface area (Å²) in [5, 5.41) is 0. The summed E-state index contributed by atoms with van der Waals surface area (Å²) < 4.78 is 12.3. The zero-order valence-electron chi connectivity index (χ0n) is 13.0. The molecule has 0 N–H and O–H groups in total. The van der Waals surface area contributed by atoms with Gasteiger partial charge in [-0.25, -0.2) is 0 Å². The van der Waals surface area contributed by atoms with Gasteiger partial charge in [-0.2, -0.15) is 0 Å². The normalized spacial score (nSPS) is 10.4. The summed E-state index contributed by atoms with van der Waals surface area (Å²) in [6.45, 7) is 2.05. The van der Waals surface area contributed by atoms with Gasteiger partial charge in [0.15, 0.2) is 0 Å². The molecule has 0 aromatic heterocycles. The van der Waals surface area contributed by atoms with Crippen molar-refractivity contribution in [3.63, 3.8) is 0 Å². The average Bonchev–Trinajstić information content (AvgIpc) is 2.58. The molecule has 0 aliphatic heterocycles. The molecule has 0 fully saturated rings. The lowest BCUT2D eigenvalue weighted by Crippen LogP contribution is -1.87. The first kappa shape index (κ1) is 15.6. The Hall–Kier alpha value is -2.26. The van der Waals surface area contributed by atoms with E-state index in [4.69, 9.17) is 9.47 Å². The summed E-state index contributed by atoms with van der Waals surface area (Å²) in [5.41, 5.74) is 3.39. The van der Waals surface area contributed by atoms with Crippen LogP contribution in [0.2, 0.25) is 0 Å². The number of rotatable bonds is 4. The number of halogens is 1. The molecule has 3 heteroatoms. The maximum atomic E-state index is 5.98. The summed E-state index contributed by atoms with van der Waals surface area (Å²) in [7, 11) is 1.67. The molecule has 3 aromatic carbocycles. The van der Waals surface area contributed by atoms with Crippen LogP contribution in [-0.2, 0) is 0 Å². The highest BCUT2D eigenvalue weighted by molar-refractivity contribution is 9.10. The second-order valence-corrected chi connectivity index (χ2v) is 6.12. The summed E-state index contributed by atoms with van der Waals surface area (Å²) in [4.78, 5) is 0. The van der Waals surface area contributed by atoms with Crippen molar-refractivity contribution < 1.29 is 9.47 Å². The van der Waals surface area contributed by atoms with Gasteiger partial charge in [0.25, 0.3) is 0 Å². The Morgan fingerprint density at radius 1 is 0.739 bits per heavy atom. The van der Waals surface area contributed by atoms with E-state index in [0.717, 1.165) is 38.4 Å². The third-order valence-electron chi connectivity index (χ3n) is 3.62. The smallest absolute Gasteiger partial charge is 0.128 e. The van der Waals surface area contributed by atoms with Crippen LogP contribution in [0.4, 0.5) is 0 Å². The molecule has 0 atom stereocenters. The minimum atomic E-state index is 0.819. The Labute approximate surface area is 144 Å². The molecule has 0 amide bonds. The van der Waals surface area contributed by atoms with Crippen LogP contribution < -0.4 is 9.47 Å². The number of benzene rings is 3. The second kappa shape index (κ2) is 6.88. The van der Waals surface area contributed by atoms with Crippen molar-refractivity contribution in [1.82, 2.24) is 0 Å². The van der Waals surface area contributed by atoms with Crippen LogP contribution in [-0.4, -0.2) is 7.11 Å². The van der Waals surface area contributed by atoms with Crippen LogP contribution in [0.15, 0.2) is 71.2 Å². The maximum absolute atomic E-state index is 5.98. The van der Waals surface area contributed by atoms with Crippen molar-refractivity contribution >= 4 is 15.9 Å². The maximum Gasteiger partial charge on any atom is 0.128 e. The van der Waals surface area contributed by atoms with E-state index in [1.54, 1.807) is 7.11 Å². The highest BCUT2D eigenvalue weighted by atomic mass is 79.9. The SMILES string of the molecule is COc1ccc(-c2cccc(Oc3ccc(Br)c(C)c3)c2)cc1. The van der Waals surface area contributed by atoms with Crippen LogP contribution in [0.25, 0.3) is 11.1 Å². The van der Waals surface area contributed by atoms with Crippen LogP contribution in [0.3, 0.4) is 0 Å². The molecule has 0 aliphatic rings. The molecule has 0 bridgehead atoms. The highest BCUT2D eigenvalue weighted by Gasteiger charge is 2.03. The fraction of sp³-hybridized carbons (Fsp3) is 0.100. The number of methoxy groups -OCH3 is 1. The largest absolute Gasteiger partial charge is 0.497 e. The Morgan fingerprint density at radius 2 is 1.43 bits per heavy atom. The van der Waals surface area contributed by atoms with Crippen molar-refractivity contribution in [3.8, 4) is 28.4 Å². The summed E-state index contributed by atoms with van der Waals surface area (Å²) >= 11 is 3.50. The average molecular weight is 369 g/mol. The molecule has 0 spiro atoms. The standard InChI is InChI=1S/C20H17BrO2/c1-14-12-19(10-11-20(14)21)23-18-5-3-4-16(13-18)15-6-8-17(22-2)9-7-15/h3-13H,1-2H3. The topological polar surface area (TPSA) is 18.5 Å². The zero-order chi connectivity index (χ0) is 16.2. The second-order valence-electron chi connectivity index (χ2n) is 5.27. The van der Waals surface area contributed by atoms with Crippen LogP contribution >= 0.6 is 15.9 Å². The minimum absolute atomic E-state index is 0.819. The van der Waals surface area contributed by atoms with E-state index in [1.165, 1.54) is 0 Å². The summed E-state index contributed by atoms with van der Waals surface area (Å²) in [6, 6.07) is 22.1. The van der Waals surface area contributed by atoms with Crippen molar-refractivity contribution in [2.45, 2.75) is 6.92 Å². The molecule has 0 saturated heterocycles. The van der Waals surface area contributed by atoms with E-state index in [1.807, 2.05) is 67.6 Å². The van der Waals surface area contributed by atoms with Gasteiger partial charge in [-0.1, -0.05) is 40.2 Å². The lowest BCUT2D eigenvalue weighted by molar-refractivity contribution is 0.415. The van der Waals surface area contributed by atoms with Gasteiger partial charge in [0.05, 0.1) is 7.11 Å². The van der Waals surface area contributed by atoms with Gasteiger partial charge in [-0.05, 0) is 66.1 Å². The first-order valence-electron chi connectivity index (χ1n) is 7.34. The number of ether oxygens (including phenoxy) is 2. The van der Waals surface area contributed by atoms with E-state index in [-0.39, 0.29) is 0 Å². The number of hydrogen-bond donors (Lipinski definition) is 0. The van der Waals surface area contributed by atoms with Gasteiger partial charge in [-0.3, -0.25) is 0 Å². The summed E-state index contributed by atoms with van der Waals surface area (Å²) in [6.07, 6.45) is 0.